The fourth-order valence-corrected chi connectivity index (χ4v) is 2.37. The molecule has 0 aromatic carbocycles. The predicted molar refractivity (Wildman–Crippen MR) is 67.0 cm³/mol. The summed E-state index contributed by atoms with van der Waals surface area (Å²) in [7, 11) is 0. The lowest BCUT2D eigenvalue weighted by molar-refractivity contribution is -0.149. The van der Waals surface area contributed by atoms with E-state index in [1.165, 1.54) is 5.56 Å². The van der Waals surface area contributed by atoms with Gasteiger partial charge < -0.3 is 5.11 Å². The van der Waals surface area contributed by atoms with Crippen LogP contribution in [0.4, 0.5) is 0 Å². The lowest BCUT2D eigenvalue weighted by Crippen LogP contribution is -2.50. The van der Waals surface area contributed by atoms with Crippen molar-refractivity contribution in [2.24, 2.45) is 0 Å². The van der Waals surface area contributed by atoms with E-state index in [1.807, 2.05) is 17.2 Å². The summed E-state index contributed by atoms with van der Waals surface area (Å²) in [6.07, 6.45) is 0.911. The van der Waals surface area contributed by atoms with Gasteiger partial charge in [-0.1, -0.05) is 6.92 Å². The van der Waals surface area contributed by atoms with Crippen LogP contribution in [0.15, 0.2) is 16.8 Å². The molecule has 0 amide bonds. The lowest BCUT2D eigenvalue weighted by atomic mass is 10.0. The molecule has 1 heterocycles. The van der Waals surface area contributed by atoms with Gasteiger partial charge >= 0.3 is 5.97 Å². The van der Waals surface area contributed by atoms with Crippen LogP contribution in [0.5, 0.6) is 0 Å². The average molecular weight is 241 g/mol. The van der Waals surface area contributed by atoms with Gasteiger partial charge in [0.1, 0.15) is 5.54 Å². The molecule has 0 unspecified atom stereocenters. The molecule has 1 rings (SSSR count). The van der Waals surface area contributed by atoms with Gasteiger partial charge in [-0.25, -0.2) is 0 Å². The first-order valence-electron chi connectivity index (χ1n) is 5.48. The van der Waals surface area contributed by atoms with Gasteiger partial charge in [0.15, 0.2) is 0 Å². The number of carboxylic acids is 1. The Labute approximate surface area is 101 Å². The van der Waals surface area contributed by atoms with Gasteiger partial charge in [0.05, 0.1) is 0 Å². The molecule has 0 spiro atoms. The van der Waals surface area contributed by atoms with Gasteiger partial charge in [-0.2, -0.15) is 11.3 Å². The molecule has 90 valence electrons. The van der Waals surface area contributed by atoms with Crippen LogP contribution in [0.3, 0.4) is 0 Å². The first kappa shape index (κ1) is 13.2. The van der Waals surface area contributed by atoms with E-state index < -0.39 is 11.5 Å². The van der Waals surface area contributed by atoms with Crippen LogP contribution >= 0.6 is 11.3 Å². The summed E-state index contributed by atoms with van der Waals surface area (Å²) in [5.74, 6) is -0.764. The Hall–Kier alpha value is -0.870. The maximum atomic E-state index is 11.1. The van der Waals surface area contributed by atoms with Crippen molar-refractivity contribution < 1.29 is 9.90 Å². The molecular formula is C12H19NO2S. The third-order valence-electron chi connectivity index (χ3n) is 2.95. The minimum atomic E-state index is -0.787. The van der Waals surface area contributed by atoms with E-state index in [4.69, 9.17) is 5.11 Å². The van der Waals surface area contributed by atoms with Crippen LogP contribution in [0.2, 0.25) is 0 Å². The first-order valence-corrected chi connectivity index (χ1v) is 6.42. The topological polar surface area (TPSA) is 40.5 Å². The summed E-state index contributed by atoms with van der Waals surface area (Å²) >= 11 is 1.68. The van der Waals surface area contributed by atoms with Crippen molar-refractivity contribution in [2.45, 2.75) is 32.7 Å². The summed E-state index contributed by atoms with van der Waals surface area (Å²) < 4.78 is 0. The van der Waals surface area contributed by atoms with Crippen molar-refractivity contribution in [3.8, 4) is 0 Å². The zero-order valence-corrected chi connectivity index (χ0v) is 10.9. The molecule has 0 bridgehead atoms. The van der Waals surface area contributed by atoms with Crippen LogP contribution in [0.1, 0.15) is 26.3 Å². The highest BCUT2D eigenvalue weighted by Crippen LogP contribution is 2.16. The zero-order valence-electron chi connectivity index (χ0n) is 10.1. The molecule has 3 nitrogen and oxygen atoms in total. The van der Waals surface area contributed by atoms with E-state index >= 15 is 0 Å². The molecule has 0 saturated carbocycles. The van der Waals surface area contributed by atoms with Crippen molar-refractivity contribution in [1.29, 1.82) is 0 Å². The van der Waals surface area contributed by atoms with Crippen molar-refractivity contribution in [3.05, 3.63) is 22.4 Å². The van der Waals surface area contributed by atoms with Crippen molar-refractivity contribution >= 4 is 17.3 Å². The SMILES string of the molecule is CCN(CCc1ccsc1)C(C)(C)C(=O)O. The van der Waals surface area contributed by atoms with Gasteiger partial charge in [-0.05, 0) is 49.2 Å². The Bertz CT molecular complexity index is 333. The van der Waals surface area contributed by atoms with E-state index in [2.05, 4.69) is 11.4 Å². The second-order valence-electron chi connectivity index (χ2n) is 4.33. The number of nitrogens with zero attached hydrogens (tertiary/aromatic N) is 1. The Morgan fingerprint density at radius 3 is 2.69 bits per heavy atom. The average Bonchev–Trinajstić information content (AvgIpc) is 2.71. The summed E-state index contributed by atoms with van der Waals surface area (Å²) in [5.41, 5.74) is 0.495. The molecule has 0 radical (unpaired) electrons. The largest absolute Gasteiger partial charge is 0.480 e. The molecule has 0 aliphatic rings. The number of likely N-dealkylation sites (N-methyl/N-ethyl adjacent to an activating group) is 1. The highest BCUT2D eigenvalue weighted by Gasteiger charge is 2.33. The van der Waals surface area contributed by atoms with Gasteiger partial charge in [-0.3, -0.25) is 9.69 Å². The number of carboxylic acid groups (broad SMARTS) is 1. The third-order valence-corrected chi connectivity index (χ3v) is 3.68. The van der Waals surface area contributed by atoms with Gasteiger partial charge in [0.2, 0.25) is 0 Å². The van der Waals surface area contributed by atoms with Crippen LogP contribution in [-0.4, -0.2) is 34.6 Å². The number of hydrogen-bond donors (Lipinski definition) is 1. The van der Waals surface area contributed by atoms with Crippen molar-refractivity contribution in [1.82, 2.24) is 4.90 Å². The highest BCUT2D eigenvalue weighted by atomic mass is 32.1. The smallest absolute Gasteiger partial charge is 0.323 e. The normalized spacial score (nSPS) is 12.0. The van der Waals surface area contributed by atoms with E-state index in [0.717, 1.165) is 19.5 Å². The number of rotatable bonds is 6. The summed E-state index contributed by atoms with van der Waals surface area (Å²) in [5, 5.41) is 13.3. The van der Waals surface area contributed by atoms with E-state index in [0.29, 0.717) is 0 Å². The molecule has 1 aromatic rings. The molecule has 0 fully saturated rings. The molecule has 4 heteroatoms. The summed E-state index contributed by atoms with van der Waals surface area (Å²) in [6, 6.07) is 2.09. The fourth-order valence-electron chi connectivity index (χ4n) is 1.67. The minimum absolute atomic E-state index is 0.753. The van der Waals surface area contributed by atoms with E-state index in [9.17, 15) is 4.79 Å². The van der Waals surface area contributed by atoms with Crippen LogP contribution < -0.4 is 0 Å². The van der Waals surface area contributed by atoms with E-state index in [1.54, 1.807) is 25.2 Å². The van der Waals surface area contributed by atoms with Crippen LogP contribution in [0.25, 0.3) is 0 Å². The molecule has 1 aromatic heterocycles. The monoisotopic (exact) mass is 241 g/mol. The quantitative estimate of drug-likeness (QED) is 0.831. The number of hydrogen-bond acceptors (Lipinski definition) is 3. The predicted octanol–water partition coefficient (Wildman–Crippen LogP) is 2.48. The number of carbonyl (C=O) groups is 1. The molecule has 0 aliphatic carbocycles. The van der Waals surface area contributed by atoms with E-state index in [-0.39, 0.29) is 0 Å². The zero-order chi connectivity index (χ0) is 12.2. The maximum Gasteiger partial charge on any atom is 0.323 e. The number of aliphatic carboxylic acids is 1. The standard InChI is InChI=1S/C12H19NO2S/c1-4-13(12(2,3)11(14)15)7-5-10-6-8-16-9-10/h6,8-9H,4-5,7H2,1-3H3,(H,14,15). The second kappa shape index (κ2) is 5.46. The molecule has 0 aliphatic heterocycles. The van der Waals surface area contributed by atoms with Crippen LogP contribution in [0, 0.1) is 0 Å². The van der Waals surface area contributed by atoms with Gasteiger partial charge in [-0.15, -0.1) is 0 Å². The van der Waals surface area contributed by atoms with Crippen molar-refractivity contribution in [2.75, 3.05) is 13.1 Å². The molecule has 1 N–H and O–H groups in total. The fraction of sp³-hybridized carbons (Fsp3) is 0.583. The minimum Gasteiger partial charge on any atom is -0.480 e. The Morgan fingerprint density at radius 2 is 2.25 bits per heavy atom. The second-order valence-corrected chi connectivity index (χ2v) is 5.11. The maximum absolute atomic E-state index is 11.1. The number of thiophene rings is 1. The van der Waals surface area contributed by atoms with Crippen LogP contribution in [-0.2, 0) is 11.2 Å². The third kappa shape index (κ3) is 3.06. The first-order chi connectivity index (χ1) is 7.48. The molecule has 0 atom stereocenters. The Kier molecular flexibility index (Phi) is 4.50. The molecular weight excluding hydrogens is 222 g/mol. The molecule has 0 saturated heterocycles. The Balaban J connectivity index is 2.59. The van der Waals surface area contributed by atoms with Gasteiger partial charge in [0, 0.05) is 6.54 Å². The molecule has 16 heavy (non-hydrogen) atoms. The van der Waals surface area contributed by atoms with Gasteiger partial charge in [0.25, 0.3) is 0 Å². The lowest BCUT2D eigenvalue weighted by Gasteiger charge is -2.34. The summed E-state index contributed by atoms with van der Waals surface area (Å²) in [4.78, 5) is 13.1. The summed E-state index contributed by atoms with van der Waals surface area (Å²) in [6.45, 7) is 7.05. The Morgan fingerprint density at radius 1 is 1.56 bits per heavy atom. The highest BCUT2D eigenvalue weighted by molar-refractivity contribution is 7.07. The van der Waals surface area contributed by atoms with Crippen molar-refractivity contribution in [3.63, 3.8) is 0 Å².